The van der Waals surface area contributed by atoms with Crippen LogP contribution in [0, 0.1) is 0 Å². The van der Waals surface area contributed by atoms with Crippen LogP contribution < -0.4 is 11.1 Å². The smallest absolute Gasteiger partial charge is 0.189 e. The van der Waals surface area contributed by atoms with E-state index in [1.54, 1.807) is 7.11 Å². The number of guanidine groups is 1. The van der Waals surface area contributed by atoms with Gasteiger partial charge in [-0.3, -0.25) is 0 Å². The number of hydrogen-bond donors (Lipinski definition) is 2. The summed E-state index contributed by atoms with van der Waals surface area (Å²) in [6, 6.07) is 9.40. The fourth-order valence-corrected chi connectivity index (χ4v) is 2.57. The topological polar surface area (TPSA) is 59.6 Å². The number of benzene rings is 1. The number of rotatable bonds is 6. The van der Waals surface area contributed by atoms with Crippen LogP contribution in [-0.2, 0) is 4.74 Å². The van der Waals surface area contributed by atoms with Crippen molar-refractivity contribution in [2.24, 2.45) is 10.7 Å². The Kier molecular flexibility index (Phi) is 7.62. The third-order valence-corrected chi connectivity index (χ3v) is 3.90. The summed E-state index contributed by atoms with van der Waals surface area (Å²) in [5.74, 6) is 1.62. The molecule has 0 aromatic heterocycles. The fraction of sp³-hybridized carbons (Fsp3) is 0.588. The second kappa shape index (κ2) is 8.72. The minimum Gasteiger partial charge on any atom is -0.383 e. The van der Waals surface area contributed by atoms with Crippen molar-refractivity contribution in [1.82, 2.24) is 5.32 Å². The Morgan fingerprint density at radius 3 is 2.50 bits per heavy atom. The van der Waals surface area contributed by atoms with Gasteiger partial charge in [0.25, 0.3) is 0 Å². The summed E-state index contributed by atoms with van der Waals surface area (Å²) >= 11 is 0. The highest BCUT2D eigenvalue weighted by Crippen LogP contribution is 2.43. The van der Waals surface area contributed by atoms with Crippen molar-refractivity contribution in [3.05, 3.63) is 35.4 Å². The Bertz CT molecular complexity index is 487. The number of halogens is 1. The highest BCUT2D eigenvalue weighted by Gasteiger charge is 2.38. The summed E-state index contributed by atoms with van der Waals surface area (Å²) in [5.41, 5.74) is 8.68. The molecule has 1 aliphatic carbocycles. The number of aliphatic imine (C=N–C) groups is 1. The number of nitrogens with one attached hydrogen (secondary N) is 1. The molecule has 0 amide bonds. The first-order chi connectivity index (χ1) is 10.0. The van der Waals surface area contributed by atoms with Crippen molar-refractivity contribution in [3.8, 4) is 0 Å². The van der Waals surface area contributed by atoms with E-state index in [-0.39, 0.29) is 30.0 Å². The molecule has 3 atom stereocenters. The normalized spacial score (nSPS) is 22.1. The zero-order valence-electron chi connectivity index (χ0n) is 13.9. The van der Waals surface area contributed by atoms with Crippen LogP contribution in [0.1, 0.15) is 50.2 Å². The quantitative estimate of drug-likeness (QED) is 0.425. The van der Waals surface area contributed by atoms with Crippen molar-refractivity contribution in [1.29, 1.82) is 0 Å². The second-order valence-corrected chi connectivity index (χ2v) is 6.25. The molecule has 0 spiro atoms. The molecule has 1 aromatic carbocycles. The van der Waals surface area contributed by atoms with Gasteiger partial charge in [0.05, 0.1) is 12.6 Å². The highest BCUT2D eigenvalue weighted by atomic mass is 127. The van der Waals surface area contributed by atoms with Crippen LogP contribution in [-0.4, -0.2) is 31.8 Å². The zero-order chi connectivity index (χ0) is 15.4. The lowest BCUT2D eigenvalue weighted by Gasteiger charge is -2.13. The van der Waals surface area contributed by atoms with Crippen LogP contribution in [0.2, 0.25) is 0 Å². The van der Waals surface area contributed by atoms with E-state index < -0.39 is 0 Å². The van der Waals surface area contributed by atoms with Crippen LogP contribution in [0.4, 0.5) is 0 Å². The summed E-state index contributed by atoms with van der Waals surface area (Å²) in [4.78, 5) is 4.55. The van der Waals surface area contributed by atoms with E-state index in [1.807, 2.05) is 6.92 Å². The molecule has 0 bridgehead atoms. The minimum absolute atomic E-state index is 0. The molecular weight excluding hydrogens is 389 g/mol. The van der Waals surface area contributed by atoms with Crippen molar-refractivity contribution >= 4 is 29.9 Å². The standard InChI is InChI=1S/C17H27N3O.HI/c1-11(2)13-5-7-14(8-6-13)15-9-16(15)20-17(18)19-12(3)10-21-4;/h5-8,11-12,15-16H,9-10H2,1-4H3,(H3,18,19,20);1H. The predicted octanol–water partition coefficient (Wildman–Crippen LogP) is 3.22. The molecule has 0 saturated heterocycles. The maximum absolute atomic E-state index is 5.93. The molecule has 22 heavy (non-hydrogen) atoms. The number of ether oxygens (including phenoxy) is 1. The average molecular weight is 417 g/mol. The van der Waals surface area contributed by atoms with Gasteiger partial charge in [0.1, 0.15) is 0 Å². The third-order valence-electron chi connectivity index (χ3n) is 3.90. The largest absolute Gasteiger partial charge is 0.383 e. The van der Waals surface area contributed by atoms with Crippen molar-refractivity contribution in [2.45, 2.75) is 51.1 Å². The summed E-state index contributed by atoms with van der Waals surface area (Å²) in [5, 5.41) is 3.15. The predicted molar refractivity (Wildman–Crippen MR) is 103 cm³/mol. The van der Waals surface area contributed by atoms with Gasteiger partial charge in [-0.05, 0) is 30.4 Å². The van der Waals surface area contributed by atoms with E-state index in [0.29, 0.717) is 30.4 Å². The Morgan fingerprint density at radius 2 is 1.95 bits per heavy atom. The van der Waals surface area contributed by atoms with Gasteiger partial charge in [0, 0.05) is 19.1 Å². The number of methoxy groups -OCH3 is 1. The first-order valence-electron chi connectivity index (χ1n) is 7.69. The fourth-order valence-electron chi connectivity index (χ4n) is 2.57. The van der Waals surface area contributed by atoms with E-state index >= 15 is 0 Å². The maximum Gasteiger partial charge on any atom is 0.189 e. The summed E-state index contributed by atoms with van der Waals surface area (Å²) in [7, 11) is 1.68. The first-order valence-corrected chi connectivity index (χ1v) is 7.69. The Morgan fingerprint density at radius 1 is 1.32 bits per heavy atom. The monoisotopic (exact) mass is 417 g/mol. The molecule has 124 valence electrons. The number of nitrogens with two attached hydrogens (primary N) is 1. The van der Waals surface area contributed by atoms with Crippen LogP contribution in [0.15, 0.2) is 29.3 Å². The minimum atomic E-state index is 0. The number of nitrogens with zero attached hydrogens (tertiary/aromatic N) is 1. The van der Waals surface area contributed by atoms with Crippen molar-refractivity contribution in [3.63, 3.8) is 0 Å². The number of hydrogen-bond acceptors (Lipinski definition) is 2. The van der Waals surface area contributed by atoms with E-state index in [0.717, 1.165) is 6.42 Å². The van der Waals surface area contributed by atoms with Gasteiger partial charge >= 0.3 is 0 Å². The van der Waals surface area contributed by atoms with E-state index in [2.05, 4.69) is 48.4 Å². The second-order valence-electron chi connectivity index (χ2n) is 6.25. The molecule has 1 saturated carbocycles. The van der Waals surface area contributed by atoms with Gasteiger partial charge in [-0.1, -0.05) is 38.1 Å². The lowest BCUT2D eigenvalue weighted by molar-refractivity contribution is 0.179. The summed E-state index contributed by atoms with van der Waals surface area (Å²) < 4.78 is 5.07. The van der Waals surface area contributed by atoms with Crippen LogP contribution in [0.3, 0.4) is 0 Å². The Labute approximate surface area is 150 Å². The first kappa shape index (κ1) is 19.2. The van der Waals surface area contributed by atoms with Gasteiger partial charge in [-0.2, -0.15) is 0 Å². The van der Waals surface area contributed by atoms with Gasteiger partial charge < -0.3 is 15.8 Å². The molecule has 4 nitrogen and oxygen atoms in total. The van der Waals surface area contributed by atoms with Crippen LogP contribution in [0.5, 0.6) is 0 Å². The van der Waals surface area contributed by atoms with Gasteiger partial charge in [0.2, 0.25) is 0 Å². The van der Waals surface area contributed by atoms with Crippen LogP contribution >= 0.6 is 24.0 Å². The van der Waals surface area contributed by atoms with Gasteiger partial charge in [0.15, 0.2) is 5.96 Å². The summed E-state index contributed by atoms with van der Waals surface area (Å²) in [6.07, 6.45) is 1.09. The molecule has 3 N–H and O–H groups in total. The lowest BCUT2D eigenvalue weighted by atomic mass is 10.0. The molecule has 3 unspecified atom stereocenters. The SMILES string of the molecule is COCC(C)NC(N)=NC1CC1c1ccc(C(C)C)cc1.I. The zero-order valence-corrected chi connectivity index (χ0v) is 16.2. The highest BCUT2D eigenvalue weighted by molar-refractivity contribution is 14.0. The molecule has 5 heteroatoms. The molecule has 1 fully saturated rings. The molecular formula is C17H28IN3O. The summed E-state index contributed by atoms with van der Waals surface area (Å²) in [6.45, 7) is 7.08. The molecule has 0 heterocycles. The third kappa shape index (κ3) is 5.43. The molecule has 0 radical (unpaired) electrons. The molecule has 0 aliphatic heterocycles. The Hall–Kier alpha value is -0.820. The van der Waals surface area contributed by atoms with Crippen molar-refractivity contribution in [2.75, 3.05) is 13.7 Å². The average Bonchev–Trinajstić information content (AvgIpc) is 3.18. The Balaban J connectivity index is 0.00000242. The van der Waals surface area contributed by atoms with Gasteiger partial charge in [-0.15, -0.1) is 24.0 Å². The van der Waals surface area contributed by atoms with E-state index in [9.17, 15) is 0 Å². The van der Waals surface area contributed by atoms with Gasteiger partial charge in [-0.25, -0.2) is 4.99 Å². The van der Waals surface area contributed by atoms with E-state index in [1.165, 1.54) is 11.1 Å². The maximum atomic E-state index is 5.93. The lowest BCUT2D eigenvalue weighted by Crippen LogP contribution is -2.40. The molecule has 2 rings (SSSR count). The van der Waals surface area contributed by atoms with E-state index in [4.69, 9.17) is 10.5 Å². The molecule has 1 aliphatic rings. The van der Waals surface area contributed by atoms with Crippen molar-refractivity contribution < 1.29 is 4.74 Å². The van der Waals surface area contributed by atoms with Crippen LogP contribution in [0.25, 0.3) is 0 Å². The molecule has 1 aromatic rings.